The standard InChI is InChI=1S/C14H14N4O3/c1-8-3-4-10(18(19)20)11(7-8)21-14-12(13(15)16)9(2)5-6-17-14/h3-7H,1-2H3,(H3,15,16). The van der Waals surface area contributed by atoms with Gasteiger partial charge in [0, 0.05) is 12.3 Å². The summed E-state index contributed by atoms with van der Waals surface area (Å²) in [4.78, 5) is 14.5. The fourth-order valence-corrected chi connectivity index (χ4v) is 1.90. The number of nitrogens with two attached hydrogens (primary N) is 1. The highest BCUT2D eigenvalue weighted by Crippen LogP contribution is 2.33. The SMILES string of the molecule is Cc1ccc([N+](=O)[O-])c(Oc2nccc(C)c2C(=N)N)c1. The molecule has 3 N–H and O–H groups in total. The molecule has 1 aromatic heterocycles. The average molecular weight is 286 g/mol. The first-order valence-electron chi connectivity index (χ1n) is 6.13. The van der Waals surface area contributed by atoms with Crippen molar-refractivity contribution in [2.45, 2.75) is 13.8 Å². The molecular weight excluding hydrogens is 272 g/mol. The van der Waals surface area contributed by atoms with Crippen molar-refractivity contribution in [2.24, 2.45) is 5.73 Å². The number of nitrogens with zero attached hydrogens (tertiary/aromatic N) is 2. The van der Waals surface area contributed by atoms with Crippen molar-refractivity contribution in [1.29, 1.82) is 5.41 Å². The predicted octanol–water partition coefficient (Wildman–Crippen LogP) is 2.68. The number of nitrogens with one attached hydrogen (secondary N) is 1. The second kappa shape index (κ2) is 5.58. The quantitative estimate of drug-likeness (QED) is 0.388. The monoisotopic (exact) mass is 286 g/mol. The molecule has 1 aromatic carbocycles. The molecular formula is C14H14N4O3. The number of benzene rings is 1. The molecule has 0 amide bonds. The summed E-state index contributed by atoms with van der Waals surface area (Å²) >= 11 is 0. The highest BCUT2D eigenvalue weighted by atomic mass is 16.6. The van der Waals surface area contributed by atoms with Gasteiger partial charge in [-0.05, 0) is 37.1 Å². The smallest absolute Gasteiger partial charge is 0.311 e. The number of nitro benzene ring substituents is 1. The van der Waals surface area contributed by atoms with Gasteiger partial charge in [0.2, 0.25) is 11.6 Å². The Morgan fingerprint density at radius 1 is 1.38 bits per heavy atom. The van der Waals surface area contributed by atoms with Crippen LogP contribution in [0.25, 0.3) is 0 Å². The lowest BCUT2D eigenvalue weighted by Gasteiger charge is -2.11. The molecule has 0 aliphatic carbocycles. The molecule has 0 aliphatic heterocycles. The number of pyridine rings is 1. The lowest BCUT2D eigenvalue weighted by atomic mass is 10.1. The molecule has 0 saturated heterocycles. The summed E-state index contributed by atoms with van der Waals surface area (Å²) in [5.41, 5.74) is 7.21. The van der Waals surface area contributed by atoms with Gasteiger partial charge >= 0.3 is 5.69 Å². The van der Waals surface area contributed by atoms with Crippen molar-refractivity contribution < 1.29 is 9.66 Å². The summed E-state index contributed by atoms with van der Waals surface area (Å²) < 4.78 is 5.55. The summed E-state index contributed by atoms with van der Waals surface area (Å²) in [6.45, 7) is 3.56. The molecule has 21 heavy (non-hydrogen) atoms. The summed E-state index contributed by atoms with van der Waals surface area (Å²) in [6, 6.07) is 6.23. The Labute approximate surface area is 121 Å². The van der Waals surface area contributed by atoms with Crippen molar-refractivity contribution in [3.63, 3.8) is 0 Å². The molecule has 0 fully saturated rings. The highest BCUT2D eigenvalue weighted by molar-refractivity contribution is 5.98. The van der Waals surface area contributed by atoms with E-state index in [0.29, 0.717) is 11.1 Å². The van der Waals surface area contributed by atoms with Crippen LogP contribution in [0.1, 0.15) is 16.7 Å². The van der Waals surface area contributed by atoms with Crippen LogP contribution in [0.2, 0.25) is 0 Å². The van der Waals surface area contributed by atoms with Gasteiger partial charge in [0.05, 0.1) is 10.5 Å². The third kappa shape index (κ3) is 2.97. The van der Waals surface area contributed by atoms with Crippen molar-refractivity contribution in [2.75, 3.05) is 0 Å². The van der Waals surface area contributed by atoms with Gasteiger partial charge < -0.3 is 10.5 Å². The molecule has 0 spiro atoms. The second-order valence-corrected chi connectivity index (χ2v) is 4.55. The molecule has 0 saturated carbocycles. The van der Waals surface area contributed by atoms with Crippen molar-refractivity contribution >= 4 is 11.5 Å². The number of amidine groups is 1. The largest absolute Gasteiger partial charge is 0.431 e. The Morgan fingerprint density at radius 2 is 2.10 bits per heavy atom. The van der Waals surface area contributed by atoms with Gasteiger partial charge in [0.15, 0.2) is 0 Å². The topological polar surface area (TPSA) is 115 Å². The van der Waals surface area contributed by atoms with Crippen LogP contribution in [0.5, 0.6) is 11.6 Å². The van der Waals surface area contributed by atoms with Crippen LogP contribution >= 0.6 is 0 Å². The molecule has 2 aromatic rings. The number of ether oxygens (including phenoxy) is 1. The first-order valence-corrected chi connectivity index (χ1v) is 6.13. The molecule has 7 nitrogen and oxygen atoms in total. The Bertz CT molecular complexity index is 728. The van der Waals surface area contributed by atoms with Gasteiger partial charge in [0.25, 0.3) is 0 Å². The van der Waals surface area contributed by atoms with Gasteiger partial charge in [-0.15, -0.1) is 0 Å². The van der Waals surface area contributed by atoms with Crippen LogP contribution in [0.3, 0.4) is 0 Å². The van der Waals surface area contributed by atoms with E-state index in [2.05, 4.69) is 4.98 Å². The summed E-state index contributed by atoms with van der Waals surface area (Å²) in [5.74, 6) is -0.0530. The van der Waals surface area contributed by atoms with Crippen LogP contribution < -0.4 is 10.5 Å². The number of nitrogen functional groups attached to an aromatic ring is 1. The minimum absolute atomic E-state index is 0.0700. The first-order chi connectivity index (χ1) is 9.90. The van der Waals surface area contributed by atoms with Crippen molar-refractivity contribution in [3.05, 3.63) is 57.3 Å². The van der Waals surface area contributed by atoms with Crippen molar-refractivity contribution in [1.82, 2.24) is 4.98 Å². The summed E-state index contributed by atoms with van der Waals surface area (Å²) in [7, 11) is 0. The Kier molecular flexibility index (Phi) is 3.84. The van der Waals surface area contributed by atoms with Crippen molar-refractivity contribution in [3.8, 4) is 11.6 Å². The third-order valence-electron chi connectivity index (χ3n) is 2.91. The predicted molar refractivity (Wildman–Crippen MR) is 77.9 cm³/mol. The van der Waals surface area contributed by atoms with E-state index in [-0.39, 0.29) is 23.2 Å². The van der Waals surface area contributed by atoms with Crippen LogP contribution in [-0.4, -0.2) is 15.7 Å². The molecule has 0 radical (unpaired) electrons. The van der Waals surface area contributed by atoms with Gasteiger partial charge in [-0.3, -0.25) is 15.5 Å². The van der Waals surface area contributed by atoms with Gasteiger partial charge in [0.1, 0.15) is 5.84 Å². The maximum atomic E-state index is 11.0. The minimum Gasteiger partial charge on any atom is -0.431 e. The van der Waals surface area contributed by atoms with E-state index in [1.807, 2.05) is 0 Å². The van der Waals surface area contributed by atoms with E-state index in [9.17, 15) is 10.1 Å². The highest BCUT2D eigenvalue weighted by Gasteiger charge is 2.19. The van der Waals surface area contributed by atoms with Gasteiger partial charge in [-0.25, -0.2) is 4.98 Å². The molecule has 0 aliphatic rings. The van der Waals surface area contributed by atoms with Crippen LogP contribution in [-0.2, 0) is 0 Å². The molecule has 7 heteroatoms. The number of hydrogen-bond donors (Lipinski definition) is 2. The summed E-state index contributed by atoms with van der Waals surface area (Å²) in [5, 5.41) is 18.6. The molecule has 1 heterocycles. The lowest BCUT2D eigenvalue weighted by molar-refractivity contribution is -0.385. The van der Waals surface area contributed by atoms with Gasteiger partial charge in [-0.2, -0.15) is 0 Å². The van der Waals surface area contributed by atoms with E-state index < -0.39 is 4.92 Å². The fraction of sp³-hybridized carbons (Fsp3) is 0.143. The van der Waals surface area contributed by atoms with Crippen LogP contribution in [0.15, 0.2) is 30.5 Å². The Morgan fingerprint density at radius 3 is 2.71 bits per heavy atom. The number of aromatic nitrogens is 1. The minimum atomic E-state index is -0.530. The van der Waals surface area contributed by atoms with E-state index in [0.717, 1.165) is 5.56 Å². The third-order valence-corrected chi connectivity index (χ3v) is 2.91. The molecule has 0 atom stereocenters. The maximum absolute atomic E-state index is 11.0. The van der Waals surface area contributed by atoms with Crippen LogP contribution in [0, 0.1) is 29.4 Å². The first kappa shape index (κ1) is 14.4. The summed E-state index contributed by atoms with van der Waals surface area (Å²) in [6.07, 6.45) is 1.50. The lowest BCUT2D eigenvalue weighted by Crippen LogP contribution is -2.15. The Hall–Kier alpha value is -2.96. The van der Waals surface area contributed by atoms with Gasteiger partial charge in [-0.1, -0.05) is 6.07 Å². The zero-order valence-corrected chi connectivity index (χ0v) is 11.6. The molecule has 0 bridgehead atoms. The van der Waals surface area contributed by atoms with E-state index in [1.165, 1.54) is 12.3 Å². The fourth-order valence-electron chi connectivity index (χ4n) is 1.90. The number of rotatable bonds is 4. The average Bonchev–Trinajstić information content (AvgIpc) is 2.37. The number of hydrogen-bond acceptors (Lipinski definition) is 5. The van der Waals surface area contributed by atoms with E-state index in [4.69, 9.17) is 15.9 Å². The number of nitro groups is 1. The Balaban J connectivity index is 2.53. The number of aryl methyl sites for hydroxylation is 2. The van der Waals surface area contributed by atoms with Crippen LogP contribution in [0.4, 0.5) is 5.69 Å². The zero-order valence-electron chi connectivity index (χ0n) is 11.6. The normalized spacial score (nSPS) is 10.2. The molecule has 108 valence electrons. The van der Waals surface area contributed by atoms with E-state index >= 15 is 0 Å². The molecule has 0 unspecified atom stereocenters. The van der Waals surface area contributed by atoms with E-state index in [1.54, 1.807) is 32.0 Å². The second-order valence-electron chi connectivity index (χ2n) is 4.55. The molecule has 2 rings (SSSR count). The zero-order chi connectivity index (χ0) is 15.6. The maximum Gasteiger partial charge on any atom is 0.311 e.